The van der Waals surface area contributed by atoms with Gasteiger partial charge in [0, 0.05) is 0 Å². The molecular weight excluding hydrogens is 433 g/mol. The Labute approximate surface area is 180 Å². The zero-order valence-electron chi connectivity index (χ0n) is 16.7. The minimum Gasteiger partial charge on any atom is -0.346 e. The molecule has 30 heavy (non-hydrogen) atoms. The Hall–Kier alpha value is -2.49. The fourth-order valence-electron chi connectivity index (χ4n) is 2.58. The lowest BCUT2D eigenvalue weighted by Crippen LogP contribution is -2.51. The van der Waals surface area contributed by atoms with Crippen molar-refractivity contribution in [3.8, 4) is 0 Å². The molecule has 0 unspecified atom stereocenters. The van der Waals surface area contributed by atoms with E-state index in [-0.39, 0.29) is 0 Å². The number of anilines is 1. The van der Waals surface area contributed by atoms with Gasteiger partial charge in [0.2, 0.25) is 21.8 Å². The fourth-order valence-corrected chi connectivity index (χ4v) is 4.28. The molecule has 2 rings (SSSR count). The molecule has 0 aromatic heterocycles. The number of aryl methyl sites for hydroxylation is 1. The van der Waals surface area contributed by atoms with Crippen LogP contribution in [-0.4, -0.2) is 32.8 Å². The predicted molar refractivity (Wildman–Crippen MR) is 113 cm³/mol. The summed E-state index contributed by atoms with van der Waals surface area (Å²) < 4.78 is 41.1. The number of sulfonamides is 1. The van der Waals surface area contributed by atoms with E-state index in [0.717, 1.165) is 17.7 Å². The SMILES string of the molecule is Cc1ccc(NC(=O)CNC(=O)[C@@H](NS(=O)(=O)c2ccccc2F)C(C)C)c(Cl)c1. The number of benzene rings is 2. The Morgan fingerprint density at radius 1 is 1.13 bits per heavy atom. The highest BCUT2D eigenvalue weighted by molar-refractivity contribution is 7.89. The smallest absolute Gasteiger partial charge is 0.244 e. The summed E-state index contributed by atoms with van der Waals surface area (Å²) in [6, 6.07) is 8.74. The molecule has 0 saturated heterocycles. The van der Waals surface area contributed by atoms with Gasteiger partial charge in [-0.25, -0.2) is 12.8 Å². The molecule has 0 aliphatic heterocycles. The standard InChI is InChI=1S/C20H23ClFN3O4S/c1-12(2)19(25-30(28,29)17-7-5-4-6-15(17)22)20(27)23-11-18(26)24-16-9-8-13(3)10-14(16)21/h4-10,12,19,25H,11H2,1-3H3,(H,23,27)(H,24,26)/t19-/m0/s1. The van der Waals surface area contributed by atoms with Crippen LogP contribution in [0.2, 0.25) is 5.02 Å². The number of carbonyl (C=O) groups excluding carboxylic acids is 2. The monoisotopic (exact) mass is 455 g/mol. The lowest BCUT2D eigenvalue weighted by molar-refractivity contribution is -0.126. The van der Waals surface area contributed by atoms with Crippen LogP contribution in [0.5, 0.6) is 0 Å². The van der Waals surface area contributed by atoms with Crippen LogP contribution in [0.15, 0.2) is 47.4 Å². The van der Waals surface area contributed by atoms with E-state index in [1.807, 2.05) is 6.92 Å². The molecule has 10 heteroatoms. The van der Waals surface area contributed by atoms with Gasteiger partial charge in [-0.2, -0.15) is 4.72 Å². The molecule has 2 amide bonds. The minimum absolute atomic E-state index is 0.354. The molecule has 0 heterocycles. The van der Waals surface area contributed by atoms with E-state index in [9.17, 15) is 22.4 Å². The molecule has 0 bridgehead atoms. The zero-order valence-corrected chi connectivity index (χ0v) is 18.3. The van der Waals surface area contributed by atoms with Gasteiger partial charge in [0.1, 0.15) is 16.8 Å². The lowest BCUT2D eigenvalue weighted by atomic mass is 10.1. The van der Waals surface area contributed by atoms with Crippen molar-refractivity contribution in [1.82, 2.24) is 10.0 Å². The van der Waals surface area contributed by atoms with E-state index >= 15 is 0 Å². The number of rotatable bonds is 8. The molecular formula is C20H23ClFN3O4S. The van der Waals surface area contributed by atoms with Crippen molar-refractivity contribution in [3.05, 3.63) is 58.9 Å². The van der Waals surface area contributed by atoms with Crippen molar-refractivity contribution in [2.24, 2.45) is 5.92 Å². The molecule has 3 N–H and O–H groups in total. The van der Waals surface area contributed by atoms with Gasteiger partial charge in [0.25, 0.3) is 0 Å². The summed E-state index contributed by atoms with van der Waals surface area (Å²) in [7, 11) is -4.28. The second-order valence-electron chi connectivity index (χ2n) is 7.02. The van der Waals surface area contributed by atoms with Crippen molar-refractivity contribution in [1.29, 1.82) is 0 Å². The average Bonchev–Trinajstić information content (AvgIpc) is 2.66. The second kappa shape index (κ2) is 10.0. The van der Waals surface area contributed by atoms with Gasteiger partial charge >= 0.3 is 0 Å². The van der Waals surface area contributed by atoms with Gasteiger partial charge < -0.3 is 10.6 Å². The number of nitrogens with one attached hydrogen (secondary N) is 3. The number of hydrogen-bond donors (Lipinski definition) is 3. The first kappa shape index (κ1) is 23.8. The molecule has 0 spiro atoms. The molecule has 1 atom stereocenters. The topological polar surface area (TPSA) is 104 Å². The average molecular weight is 456 g/mol. The first-order valence-corrected chi connectivity index (χ1v) is 11.0. The van der Waals surface area contributed by atoms with E-state index in [0.29, 0.717) is 10.7 Å². The molecule has 0 fully saturated rings. The predicted octanol–water partition coefficient (Wildman–Crippen LogP) is 2.85. The van der Waals surface area contributed by atoms with E-state index < -0.39 is 51.1 Å². The van der Waals surface area contributed by atoms with Crippen LogP contribution in [0.4, 0.5) is 10.1 Å². The maximum absolute atomic E-state index is 13.9. The Morgan fingerprint density at radius 3 is 2.40 bits per heavy atom. The number of carbonyl (C=O) groups is 2. The first-order valence-electron chi connectivity index (χ1n) is 9.12. The van der Waals surface area contributed by atoms with Gasteiger partial charge in [0.05, 0.1) is 17.3 Å². The van der Waals surface area contributed by atoms with Crippen molar-refractivity contribution in [2.45, 2.75) is 31.7 Å². The van der Waals surface area contributed by atoms with Crippen LogP contribution >= 0.6 is 11.6 Å². The van der Waals surface area contributed by atoms with Gasteiger partial charge in [0.15, 0.2) is 0 Å². The van der Waals surface area contributed by atoms with Gasteiger partial charge in [-0.1, -0.05) is 43.6 Å². The maximum Gasteiger partial charge on any atom is 0.244 e. The first-order chi connectivity index (χ1) is 14.0. The lowest BCUT2D eigenvalue weighted by Gasteiger charge is -2.21. The number of hydrogen-bond acceptors (Lipinski definition) is 4. The molecule has 162 valence electrons. The third-order valence-corrected chi connectivity index (χ3v) is 5.97. The molecule has 0 aliphatic carbocycles. The summed E-state index contributed by atoms with van der Waals surface area (Å²) in [5.41, 5.74) is 1.32. The van der Waals surface area contributed by atoms with Crippen LogP contribution in [-0.2, 0) is 19.6 Å². The van der Waals surface area contributed by atoms with Gasteiger partial charge in [-0.15, -0.1) is 0 Å². The van der Waals surface area contributed by atoms with Crippen LogP contribution in [0.1, 0.15) is 19.4 Å². The van der Waals surface area contributed by atoms with Crippen molar-refractivity contribution in [3.63, 3.8) is 0 Å². The zero-order chi connectivity index (χ0) is 22.5. The highest BCUT2D eigenvalue weighted by Gasteiger charge is 2.30. The van der Waals surface area contributed by atoms with E-state index in [1.165, 1.54) is 12.1 Å². The largest absolute Gasteiger partial charge is 0.346 e. The summed E-state index contributed by atoms with van der Waals surface area (Å²) in [6.07, 6.45) is 0. The third-order valence-electron chi connectivity index (χ3n) is 4.18. The van der Waals surface area contributed by atoms with E-state index in [2.05, 4.69) is 15.4 Å². The molecule has 2 aromatic carbocycles. The minimum atomic E-state index is -4.28. The quantitative estimate of drug-likeness (QED) is 0.569. The number of halogens is 2. The molecule has 0 radical (unpaired) electrons. The van der Waals surface area contributed by atoms with Crippen molar-refractivity contribution < 1.29 is 22.4 Å². The van der Waals surface area contributed by atoms with Crippen LogP contribution < -0.4 is 15.4 Å². The summed E-state index contributed by atoms with van der Waals surface area (Å²) in [6.45, 7) is 4.71. The highest BCUT2D eigenvalue weighted by Crippen LogP contribution is 2.22. The van der Waals surface area contributed by atoms with Gasteiger partial charge in [-0.05, 0) is 42.7 Å². The summed E-state index contributed by atoms with van der Waals surface area (Å²) in [5.74, 6) is -2.63. The maximum atomic E-state index is 13.9. The molecule has 0 saturated carbocycles. The summed E-state index contributed by atoms with van der Waals surface area (Å²) in [4.78, 5) is 24.1. The van der Waals surface area contributed by atoms with Crippen molar-refractivity contribution in [2.75, 3.05) is 11.9 Å². The van der Waals surface area contributed by atoms with E-state index in [4.69, 9.17) is 11.6 Å². The Balaban J connectivity index is 2.03. The molecule has 7 nitrogen and oxygen atoms in total. The Morgan fingerprint density at radius 2 is 1.80 bits per heavy atom. The summed E-state index contributed by atoms with van der Waals surface area (Å²) in [5, 5.41) is 5.31. The van der Waals surface area contributed by atoms with Gasteiger partial charge in [-0.3, -0.25) is 9.59 Å². The van der Waals surface area contributed by atoms with Crippen LogP contribution in [0.25, 0.3) is 0 Å². The molecule has 2 aromatic rings. The second-order valence-corrected chi connectivity index (χ2v) is 9.11. The third kappa shape index (κ3) is 6.25. The fraction of sp³-hybridized carbons (Fsp3) is 0.300. The van der Waals surface area contributed by atoms with E-state index in [1.54, 1.807) is 32.0 Å². The van der Waals surface area contributed by atoms with Crippen LogP contribution in [0, 0.1) is 18.7 Å². The van der Waals surface area contributed by atoms with Crippen molar-refractivity contribution >= 4 is 39.1 Å². The number of amides is 2. The van der Waals surface area contributed by atoms with Crippen LogP contribution in [0.3, 0.4) is 0 Å². The molecule has 0 aliphatic rings. The summed E-state index contributed by atoms with van der Waals surface area (Å²) >= 11 is 6.06. The Kier molecular flexibility index (Phi) is 7.94. The highest BCUT2D eigenvalue weighted by atomic mass is 35.5. The Bertz CT molecular complexity index is 1040. The normalized spacial score (nSPS) is 12.5.